The molecule has 0 radical (unpaired) electrons. The number of halogens is 2. The minimum atomic E-state index is -0.633. The van der Waals surface area contributed by atoms with Crippen molar-refractivity contribution in [2.24, 2.45) is 0 Å². The highest BCUT2D eigenvalue weighted by atomic mass is 19.1. The summed E-state index contributed by atoms with van der Waals surface area (Å²) in [7, 11) is 0. The third-order valence-electron chi connectivity index (χ3n) is 7.66. The molecule has 2 amide bonds. The summed E-state index contributed by atoms with van der Waals surface area (Å²) in [5, 5.41) is 12.2. The molecule has 1 aromatic heterocycles. The van der Waals surface area contributed by atoms with E-state index in [1.807, 2.05) is 18.7 Å². The van der Waals surface area contributed by atoms with Crippen molar-refractivity contribution in [2.75, 3.05) is 44.2 Å². The molecular weight excluding hydrogens is 478 g/mol. The molecule has 37 heavy (non-hydrogen) atoms. The van der Waals surface area contributed by atoms with Crippen LogP contribution in [0.25, 0.3) is 0 Å². The molecule has 2 aromatic rings. The Morgan fingerprint density at radius 1 is 1.22 bits per heavy atom. The number of rotatable bonds is 6. The molecule has 0 unspecified atom stereocenters. The number of nitrogens with one attached hydrogen (secondary N) is 1. The SMILES string of the molecule is C[C@@H]1CN(CC(=O)N2CC(C)(C)c3nnc(Cc4ccc(F)cc4F)cc32)[C@@H](CN2CCCC2=O)CN1. The lowest BCUT2D eigenvalue weighted by atomic mass is 9.91. The van der Waals surface area contributed by atoms with E-state index >= 15 is 0 Å². The Balaban J connectivity index is 1.35. The molecule has 0 saturated carbocycles. The Morgan fingerprint density at radius 3 is 2.76 bits per heavy atom. The van der Waals surface area contributed by atoms with Crippen LogP contribution in [0.4, 0.5) is 14.5 Å². The summed E-state index contributed by atoms with van der Waals surface area (Å²) in [6, 6.07) is 5.59. The van der Waals surface area contributed by atoms with Crippen molar-refractivity contribution in [3.05, 3.63) is 52.9 Å². The molecule has 2 fully saturated rings. The van der Waals surface area contributed by atoms with Crippen LogP contribution in [0.3, 0.4) is 0 Å². The number of hydrogen-bond donors (Lipinski definition) is 1. The van der Waals surface area contributed by atoms with Crippen molar-refractivity contribution < 1.29 is 18.4 Å². The first kappa shape index (κ1) is 25.7. The van der Waals surface area contributed by atoms with Gasteiger partial charge in [-0.2, -0.15) is 10.2 Å². The van der Waals surface area contributed by atoms with Crippen LogP contribution in [0.2, 0.25) is 0 Å². The predicted molar refractivity (Wildman–Crippen MR) is 135 cm³/mol. The molecule has 2 saturated heterocycles. The van der Waals surface area contributed by atoms with Crippen molar-refractivity contribution in [2.45, 2.75) is 57.5 Å². The second-order valence-electron chi connectivity index (χ2n) is 11.2. The number of carbonyl (C=O) groups is 2. The maximum absolute atomic E-state index is 14.2. The number of amides is 2. The third-order valence-corrected chi connectivity index (χ3v) is 7.66. The van der Waals surface area contributed by atoms with Gasteiger partial charge in [-0.15, -0.1) is 0 Å². The van der Waals surface area contributed by atoms with E-state index in [1.54, 1.807) is 11.0 Å². The minimum Gasteiger partial charge on any atom is -0.341 e. The molecular formula is C27H34F2N6O2. The lowest BCUT2D eigenvalue weighted by Gasteiger charge is -2.41. The molecule has 198 valence electrons. The van der Waals surface area contributed by atoms with Gasteiger partial charge in [-0.25, -0.2) is 8.78 Å². The summed E-state index contributed by atoms with van der Waals surface area (Å²) >= 11 is 0. The number of fused-ring (bicyclic) bond motifs is 1. The van der Waals surface area contributed by atoms with Gasteiger partial charge in [-0.3, -0.25) is 14.5 Å². The fraction of sp³-hybridized carbons (Fsp3) is 0.556. The van der Waals surface area contributed by atoms with Crippen LogP contribution in [0.1, 0.15) is 50.6 Å². The van der Waals surface area contributed by atoms with Gasteiger partial charge in [0.1, 0.15) is 11.6 Å². The molecule has 0 aliphatic carbocycles. The van der Waals surface area contributed by atoms with E-state index in [9.17, 15) is 18.4 Å². The number of likely N-dealkylation sites (tertiary alicyclic amines) is 1. The molecule has 3 aliphatic rings. The maximum atomic E-state index is 14.2. The molecule has 2 atom stereocenters. The van der Waals surface area contributed by atoms with Crippen LogP contribution in [0, 0.1) is 11.6 Å². The van der Waals surface area contributed by atoms with E-state index in [-0.39, 0.29) is 42.3 Å². The van der Waals surface area contributed by atoms with E-state index in [0.29, 0.717) is 43.0 Å². The number of benzene rings is 1. The fourth-order valence-electron chi connectivity index (χ4n) is 5.65. The molecule has 8 nitrogen and oxygen atoms in total. The quantitative estimate of drug-likeness (QED) is 0.640. The number of aromatic nitrogens is 2. The topological polar surface area (TPSA) is 81.7 Å². The van der Waals surface area contributed by atoms with Gasteiger partial charge in [-0.1, -0.05) is 19.9 Å². The summed E-state index contributed by atoms with van der Waals surface area (Å²) in [4.78, 5) is 31.8. The van der Waals surface area contributed by atoms with Gasteiger partial charge >= 0.3 is 0 Å². The monoisotopic (exact) mass is 512 g/mol. The van der Waals surface area contributed by atoms with E-state index in [2.05, 4.69) is 27.3 Å². The second-order valence-corrected chi connectivity index (χ2v) is 11.2. The molecule has 4 heterocycles. The molecule has 1 aromatic carbocycles. The number of nitrogens with zero attached hydrogens (tertiary/aromatic N) is 5. The predicted octanol–water partition coefficient (Wildman–Crippen LogP) is 2.25. The first-order chi connectivity index (χ1) is 17.6. The average Bonchev–Trinajstić information content (AvgIpc) is 3.36. The molecule has 0 spiro atoms. The summed E-state index contributed by atoms with van der Waals surface area (Å²) in [6.07, 6.45) is 1.63. The zero-order chi connectivity index (χ0) is 26.3. The minimum absolute atomic E-state index is 0.0365. The second kappa shape index (κ2) is 10.1. The highest BCUT2D eigenvalue weighted by molar-refractivity contribution is 5.97. The molecule has 5 rings (SSSR count). The zero-order valence-corrected chi connectivity index (χ0v) is 21.6. The molecule has 3 aliphatic heterocycles. The van der Waals surface area contributed by atoms with Crippen LogP contribution in [-0.2, 0) is 21.4 Å². The third kappa shape index (κ3) is 5.36. The van der Waals surface area contributed by atoms with Crippen molar-refractivity contribution >= 4 is 17.5 Å². The normalized spacial score (nSPS) is 23.5. The summed E-state index contributed by atoms with van der Waals surface area (Å²) < 4.78 is 27.6. The van der Waals surface area contributed by atoms with Gasteiger partial charge < -0.3 is 15.1 Å². The van der Waals surface area contributed by atoms with Crippen molar-refractivity contribution in [3.63, 3.8) is 0 Å². The van der Waals surface area contributed by atoms with Gasteiger partial charge in [-0.05, 0) is 31.0 Å². The first-order valence-electron chi connectivity index (χ1n) is 13.0. The Bertz CT molecular complexity index is 1210. The van der Waals surface area contributed by atoms with Crippen LogP contribution in [-0.4, -0.2) is 83.2 Å². The Morgan fingerprint density at radius 2 is 2.03 bits per heavy atom. The van der Waals surface area contributed by atoms with E-state index in [0.717, 1.165) is 31.3 Å². The summed E-state index contributed by atoms with van der Waals surface area (Å²) in [5.41, 5.74) is 1.88. The van der Waals surface area contributed by atoms with Gasteiger partial charge in [0.15, 0.2) is 0 Å². The molecule has 10 heteroatoms. The van der Waals surface area contributed by atoms with Gasteiger partial charge in [0.25, 0.3) is 0 Å². The van der Waals surface area contributed by atoms with E-state index in [1.165, 1.54) is 12.1 Å². The Kier molecular flexibility index (Phi) is 6.97. The lowest BCUT2D eigenvalue weighted by molar-refractivity contribution is -0.128. The number of hydrogen-bond acceptors (Lipinski definition) is 6. The van der Waals surface area contributed by atoms with Crippen LogP contribution < -0.4 is 10.2 Å². The Labute approximate surface area is 216 Å². The maximum Gasteiger partial charge on any atom is 0.241 e. The average molecular weight is 513 g/mol. The first-order valence-corrected chi connectivity index (χ1v) is 13.0. The smallest absolute Gasteiger partial charge is 0.241 e. The number of anilines is 1. The van der Waals surface area contributed by atoms with Gasteiger partial charge in [0, 0.05) is 69.1 Å². The van der Waals surface area contributed by atoms with Gasteiger partial charge in [0.2, 0.25) is 11.8 Å². The zero-order valence-electron chi connectivity index (χ0n) is 21.6. The number of piperazine rings is 1. The van der Waals surface area contributed by atoms with Crippen molar-refractivity contribution in [3.8, 4) is 0 Å². The van der Waals surface area contributed by atoms with Crippen molar-refractivity contribution in [1.82, 2.24) is 25.3 Å². The summed E-state index contributed by atoms with van der Waals surface area (Å²) in [6.45, 7) is 9.69. The van der Waals surface area contributed by atoms with E-state index < -0.39 is 11.6 Å². The van der Waals surface area contributed by atoms with Crippen LogP contribution >= 0.6 is 0 Å². The Hall–Kier alpha value is -2.98. The van der Waals surface area contributed by atoms with Crippen LogP contribution in [0.15, 0.2) is 24.3 Å². The van der Waals surface area contributed by atoms with Crippen molar-refractivity contribution in [1.29, 1.82) is 0 Å². The van der Waals surface area contributed by atoms with Crippen LogP contribution in [0.5, 0.6) is 0 Å². The molecule has 0 bridgehead atoms. The van der Waals surface area contributed by atoms with Gasteiger partial charge in [0.05, 0.1) is 23.6 Å². The summed E-state index contributed by atoms with van der Waals surface area (Å²) in [5.74, 6) is -1.12. The standard InChI is InChI=1S/C27H34F2N6O2/c1-17-13-34(21(12-30-17)14-33-8-4-5-24(33)36)15-25(37)35-16-27(2,3)26-23(35)11-20(31-32-26)9-18-6-7-19(28)10-22(18)29/h6-7,10-11,17,21,30H,4-5,8-9,12-16H2,1-3H3/t17-,21-/m1/s1. The largest absolute Gasteiger partial charge is 0.341 e. The highest BCUT2D eigenvalue weighted by Crippen LogP contribution is 2.39. The fourth-order valence-corrected chi connectivity index (χ4v) is 5.65. The number of carbonyl (C=O) groups excluding carboxylic acids is 2. The van der Waals surface area contributed by atoms with E-state index in [4.69, 9.17) is 0 Å². The lowest BCUT2D eigenvalue weighted by Crippen LogP contribution is -2.60. The highest BCUT2D eigenvalue weighted by Gasteiger charge is 2.41. The molecule has 1 N–H and O–H groups in total.